The fourth-order valence-electron chi connectivity index (χ4n) is 2.87. The van der Waals surface area contributed by atoms with Gasteiger partial charge in [-0.15, -0.1) is 0 Å². The van der Waals surface area contributed by atoms with Crippen molar-refractivity contribution in [1.29, 1.82) is 0 Å². The van der Waals surface area contributed by atoms with Gasteiger partial charge in [-0.1, -0.05) is 18.2 Å². The molecule has 24 heavy (non-hydrogen) atoms. The number of benzene rings is 1. The Hall–Kier alpha value is -2.21. The van der Waals surface area contributed by atoms with Crippen molar-refractivity contribution >= 4 is 16.7 Å². The van der Waals surface area contributed by atoms with Gasteiger partial charge in [-0.3, -0.25) is 14.5 Å². The first-order valence-electron chi connectivity index (χ1n) is 8.37. The van der Waals surface area contributed by atoms with Crippen LogP contribution in [-0.2, 0) is 11.3 Å². The molecule has 0 aliphatic heterocycles. The third kappa shape index (κ3) is 4.41. The normalized spacial score (nSPS) is 11.6. The highest BCUT2D eigenvalue weighted by Crippen LogP contribution is 2.06. The summed E-state index contributed by atoms with van der Waals surface area (Å²) >= 11 is 0. The Bertz CT molecular complexity index is 744. The third-order valence-electron chi connectivity index (χ3n) is 4.07. The Labute approximate surface area is 142 Å². The zero-order chi connectivity index (χ0) is 17.7. The predicted octanol–water partition coefficient (Wildman–Crippen LogP) is 1.63. The van der Waals surface area contributed by atoms with Gasteiger partial charge < -0.3 is 5.32 Å². The lowest BCUT2D eigenvalue weighted by Gasteiger charge is -2.30. The Morgan fingerprint density at radius 3 is 2.54 bits per heavy atom. The number of hydrogen-bond acceptors (Lipinski definition) is 4. The van der Waals surface area contributed by atoms with Gasteiger partial charge in [-0.25, -0.2) is 4.68 Å². The molecule has 0 aliphatic rings. The minimum absolute atomic E-state index is 0.0625. The van der Waals surface area contributed by atoms with Gasteiger partial charge in [0, 0.05) is 30.6 Å². The maximum atomic E-state index is 12.3. The van der Waals surface area contributed by atoms with Gasteiger partial charge in [0.15, 0.2) is 0 Å². The first kappa shape index (κ1) is 18.1. The summed E-state index contributed by atoms with van der Waals surface area (Å²) in [5.41, 5.74) is -0.241. The van der Waals surface area contributed by atoms with Gasteiger partial charge in [-0.2, -0.15) is 5.10 Å². The summed E-state index contributed by atoms with van der Waals surface area (Å²) in [5, 5.41) is 8.30. The summed E-state index contributed by atoms with van der Waals surface area (Å²) in [6, 6.07) is 8.09. The van der Waals surface area contributed by atoms with Gasteiger partial charge in [0.1, 0.15) is 6.54 Å². The van der Waals surface area contributed by atoms with E-state index in [4.69, 9.17) is 0 Å². The topological polar surface area (TPSA) is 67.2 Å². The van der Waals surface area contributed by atoms with Crippen LogP contribution in [0.4, 0.5) is 0 Å². The summed E-state index contributed by atoms with van der Waals surface area (Å²) in [7, 11) is 0. The molecule has 0 radical (unpaired) electrons. The minimum atomic E-state index is -0.241. The van der Waals surface area contributed by atoms with Crippen molar-refractivity contribution in [3.05, 3.63) is 40.8 Å². The molecule has 0 unspecified atom stereocenters. The zero-order valence-corrected chi connectivity index (χ0v) is 14.8. The maximum absolute atomic E-state index is 12.3. The Balaban J connectivity index is 1.96. The molecule has 0 saturated heterocycles. The fraction of sp³-hybridized carbons (Fsp3) is 0.500. The number of hydrogen-bond donors (Lipinski definition) is 1. The molecular formula is C18H26N4O2. The van der Waals surface area contributed by atoms with E-state index in [0.717, 1.165) is 11.9 Å². The van der Waals surface area contributed by atoms with Gasteiger partial charge in [0.05, 0.1) is 11.6 Å². The largest absolute Gasteiger partial charge is 0.353 e. The van der Waals surface area contributed by atoms with E-state index in [0.29, 0.717) is 24.0 Å². The second kappa shape index (κ2) is 8.06. The predicted molar refractivity (Wildman–Crippen MR) is 96.0 cm³/mol. The van der Waals surface area contributed by atoms with Crippen molar-refractivity contribution in [2.45, 2.75) is 46.3 Å². The van der Waals surface area contributed by atoms with Crippen molar-refractivity contribution in [1.82, 2.24) is 20.0 Å². The van der Waals surface area contributed by atoms with Gasteiger partial charge in [-0.05, 0) is 33.8 Å². The minimum Gasteiger partial charge on any atom is -0.353 e. The van der Waals surface area contributed by atoms with Crippen LogP contribution in [0, 0.1) is 0 Å². The highest BCUT2D eigenvalue weighted by atomic mass is 16.2. The standard InChI is InChI=1S/C18H26N4O2/c1-13(2)21(14(3)4)10-9-19-17(23)12-22-18(24)16-8-6-5-7-15(16)11-20-22/h5-8,11,13-14H,9-10,12H2,1-4H3,(H,19,23). The van der Waals surface area contributed by atoms with Crippen LogP contribution in [-0.4, -0.2) is 45.8 Å². The second-order valence-electron chi connectivity index (χ2n) is 6.47. The average molecular weight is 330 g/mol. The fourth-order valence-corrected chi connectivity index (χ4v) is 2.87. The number of amides is 1. The lowest BCUT2D eigenvalue weighted by molar-refractivity contribution is -0.122. The molecule has 1 aromatic heterocycles. The second-order valence-corrected chi connectivity index (χ2v) is 6.47. The molecule has 0 spiro atoms. The van der Waals surface area contributed by atoms with Crippen LogP contribution < -0.4 is 10.9 Å². The molecule has 6 heteroatoms. The van der Waals surface area contributed by atoms with Crippen molar-refractivity contribution in [3.63, 3.8) is 0 Å². The first-order chi connectivity index (χ1) is 11.4. The van der Waals surface area contributed by atoms with Crippen LogP contribution in [0.5, 0.6) is 0 Å². The van der Waals surface area contributed by atoms with Gasteiger partial charge in [0.2, 0.25) is 5.91 Å². The number of nitrogens with zero attached hydrogens (tertiary/aromatic N) is 3. The van der Waals surface area contributed by atoms with E-state index in [9.17, 15) is 9.59 Å². The molecule has 2 rings (SSSR count). The van der Waals surface area contributed by atoms with E-state index >= 15 is 0 Å². The molecule has 0 atom stereocenters. The van der Waals surface area contributed by atoms with E-state index in [2.05, 4.69) is 43.0 Å². The third-order valence-corrected chi connectivity index (χ3v) is 4.07. The maximum Gasteiger partial charge on any atom is 0.275 e. The molecule has 1 amide bonds. The number of nitrogens with one attached hydrogen (secondary N) is 1. The SMILES string of the molecule is CC(C)N(CCNC(=O)Cn1ncc2ccccc2c1=O)C(C)C. The number of rotatable bonds is 7. The van der Waals surface area contributed by atoms with E-state index < -0.39 is 0 Å². The van der Waals surface area contributed by atoms with E-state index in [1.807, 2.05) is 12.1 Å². The van der Waals surface area contributed by atoms with Crippen molar-refractivity contribution in [2.24, 2.45) is 0 Å². The molecule has 0 saturated carbocycles. The lowest BCUT2D eigenvalue weighted by Crippen LogP contribution is -2.43. The van der Waals surface area contributed by atoms with Crippen LogP contribution in [0.15, 0.2) is 35.3 Å². The smallest absolute Gasteiger partial charge is 0.275 e. The number of carbonyl (C=O) groups excluding carboxylic acids is 1. The highest BCUT2D eigenvalue weighted by Gasteiger charge is 2.13. The highest BCUT2D eigenvalue weighted by molar-refractivity contribution is 5.81. The van der Waals surface area contributed by atoms with Crippen molar-refractivity contribution < 1.29 is 4.79 Å². The molecule has 1 aromatic carbocycles. The number of fused-ring (bicyclic) bond motifs is 1. The lowest BCUT2D eigenvalue weighted by atomic mass is 10.2. The Morgan fingerprint density at radius 1 is 1.21 bits per heavy atom. The summed E-state index contributed by atoms with van der Waals surface area (Å²) in [6.45, 7) is 9.83. The molecule has 130 valence electrons. The Kier molecular flexibility index (Phi) is 6.09. The van der Waals surface area contributed by atoms with Crippen molar-refractivity contribution in [3.8, 4) is 0 Å². The summed E-state index contributed by atoms with van der Waals surface area (Å²) in [6.07, 6.45) is 1.61. The zero-order valence-electron chi connectivity index (χ0n) is 14.8. The molecule has 1 heterocycles. The molecule has 0 fully saturated rings. The molecular weight excluding hydrogens is 304 g/mol. The van der Waals surface area contributed by atoms with E-state index in [-0.39, 0.29) is 18.0 Å². The first-order valence-corrected chi connectivity index (χ1v) is 8.37. The number of carbonyl (C=O) groups is 1. The van der Waals surface area contributed by atoms with Crippen molar-refractivity contribution in [2.75, 3.05) is 13.1 Å². The van der Waals surface area contributed by atoms with E-state index in [1.165, 1.54) is 4.68 Å². The molecule has 2 aromatic rings. The molecule has 0 aliphatic carbocycles. The molecule has 0 bridgehead atoms. The van der Waals surface area contributed by atoms with Gasteiger partial charge in [0.25, 0.3) is 5.56 Å². The van der Waals surface area contributed by atoms with E-state index in [1.54, 1.807) is 18.3 Å². The summed E-state index contributed by atoms with van der Waals surface area (Å²) in [5.74, 6) is -0.202. The van der Waals surface area contributed by atoms with Crippen LogP contribution in [0.1, 0.15) is 27.7 Å². The van der Waals surface area contributed by atoms with Gasteiger partial charge >= 0.3 is 0 Å². The monoisotopic (exact) mass is 330 g/mol. The average Bonchev–Trinajstić information content (AvgIpc) is 2.53. The van der Waals surface area contributed by atoms with Crippen LogP contribution >= 0.6 is 0 Å². The number of aromatic nitrogens is 2. The van der Waals surface area contributed by atoms with Crippen LogP contribution in [0.25, 0.3) is 10.8 Å². The summed E-state index contributed by atoms with van der Waals surface area (Å²) < 4.78 is 1.21. The summed E-state index contributed by atoms with van der Waals surface area (Å²) in [4.78, 5) is 26.7. The molecule has 1 N–H and O–H groups in total. The molecule has 6 nitrogen and oxygen atoms in total. The quantitative estimate of drug-likeness (QED) is 0.838. The van der Waals surface area contributed by atoms with Crippen LogP contribution in [0.3, 0.4) is 0 Å². The Morgan fingerprint density at radius 2 is 1.88 bits per heavy atom. The van der Waals surface area contributed by atoms with Crippen LogP contribution in [0.2, 0.25) is 0 Å².